The SMILES string of the molecule is C=CCOc1ccccc1NC(=O)CNc1ccccc1. The number of carbonyl (C=O) groups excluding carboxylic acids is 1. The van der Waals surface area contributed by atoms with Crippen LogP contribution in [0.4, 0.5) is 11.4 Å². The lowest BCUT2D eigenvalue weighted by molar-refractivity contribution is -0.114. The third-order valence-corrected chi connectivity index (χ3v) is 2.74. The van der Waals surface area contributed by atoms with Gasteiger partial charge in [-0.3, -0.25) is 4.79 Å². The first-order valence-corrected chi connectivity index (χ1v) is 6.71. The summed E-state index contributed by atoms with van der Waals surface area (Å²) < 4.78 is 5.50. The third-order valence-electron chi connectivity index (χ3n) is 2.74. The number of anilines is 2. The molecule has 0 fully saturated rings. The summed E-state index contributed by atoms with van der Waals surface area (Å²) in [7, 11) is 0. The highest BCUT2D eigenvalue weighted by Crippen LogP contribution is 2.23. The molecule has 0 aliphatic rings. The van der Waals surface area contributed by atoms with Gasteiger partial charge >= 0.3 is 0 Å². The Morgan fingerprint density at radius 1 is 1.10 bits per heavy atom. The van der Waals surface area contributed by atoms with Gasteiger partial charge in [-0.1, -0.05) is 43.0 Å². The van der Waals surface area contributed by atoms with Gasteiger partial charge < -0.3 is 15.4 Å². The van der Waals surface area contributed by atoms with Gasteiger partial charge in [0.05, 0.1) is 12.2 Å². The van der Waals surface area contributed by atoms with Crippen molar-refractivity contribution < 1.29 is 9.53 Å². The molecule has 0 saturated carbocycles. The van der Waals surface area contributed by atoms with Crippen molar-refractivity contribution in [3.05, 3.63) is 67.3 Å². The molecule has 0 spiro atoms. The molecule has 4 heteroatoms. The van der Waals surface area contributed by atoms with Gasteiger partial charge in [0.1, 0.15) is 12.4 Å². The minimum Gasteiger partial charge on any atom is -0.487 e. The lowest BCUT2D eigenvalue weighted by atomic mass is 10.3. The van der Waals surface area contributed by atoms with E-state index in [1.807, 2.05) is 48.5 Å². The fourth-order valence-electron chi connectivity index (χ4n) is 1.78. The molecule has 0 aliphatic heterocycles. The minimum atomic E-state index is -0.131. The molecule has 21 heavy (non-hydrogen) atoms. The van der Waals surface area contributed by atoms with Crippen molar-refractivity contribution in [1.82, 2.24) is 0 Å². The van der Waals surface area contributed by atoms with Crippen LogP contribution in [0, 0.1) is 0 Å². The van der Waals surface area contributed by atoms with Crippen molar-refractivity contribution in [2.45, 2.75) is 0 Å². The van der Waals surface area contributed by atoms with Crippen molar-refractivity contribution in [3.8, 4) is 5.75 Å². The Bertz CT molecular complexity index is 597. The van der Waals surface area contributed by atoms with E-state index in [9.17, 15) is 4.79 Å². The van der Waals surface area contributed by atoms with Gasteiger partial charge in [0.15, 0.2) is 0 Å². The van der Waals surface area contributed by atoms with Crippen molar-refractivity contribution in [2.24, 2.45) is 0 Å². The van der Waals surface area contributed by atoms with E-state index >= 15 is 0 Å². The van der Waals surface area contributed by atoms with Crippen molar-refractivity contribution >= 4 is 17.3 Å². The van der Waals surface area contributed by atoms with Crippen LogP contribution in [0.5, 0.6) is 5.75 Å². The molecule has 2 aromatic rings. The lowest BCUT2D eigenvalue weighted by Crippen LogP contribution is -2.22. The predicted octanol–water partition coefficient (Wildman–Crippen LogP) is 3.30. The fourth-order valence-corrected chi connectivity index (χ4v) is 1.78. The Kier molecular flexibility index (Phi) is 5.41. The summed E-state index contributed by atoms with van der Waals surface area (Å²) in [5.41, 5.74) is 1.56. The smallest absolute Gasteiger partial charge is 0.243 e. The number of para-hydroxylation sites is 3. The molecule has 2 aromatic carbocycles. The van der Waals surface area contributed by atoms with Gasteiger partial charge in [0, 0.05) is 5.69 Å². The molecule has 2 rings (SSSR count). The molecule has 0 heterocycles. The maximum absolute atomic E-state index is 12.0. The molecular formula is C17H18N2O2. The monoisotopic (exact) mass is 282 g/mol. The molecule has 0 radical (unpaired) electrons. The van der Waals surface area contributed by atoms with Gasteiger partial charge in [-0.15, -0.1) is 0 Å². The van der Waals surface area contributed by atoms with E-state index in [-0.39, 0.29) is 12.5 Å². The van der Waals surface area contributed by atoms with E-state index in [4.69, 9.17) is 4.74 Å². The Morgan fingerprint density at radius 3 is 2.57 bits per heavy atom. The Morgan fingerprint density at radius 2 is 1.81 bits per heavy atom. The van der Waals surface area contributed by atoms with Crippen LogP contribution in [0.2, 0.25) is 0 Å². The molecule has 1 amide bonds. The van der Waals surface area contributed by atoms with E-state index < -0.39 is 0 Å². The van der Waals surface area contributed by atoms with Crippen LogP contribution >= 0.6 is 0 Å². The zero-order valence-electron chi connectivity index (χ0n) is 11.7. The minimum absolute atomic E-state index is 0.131. The third kappa shape index (κ3) is 4.69. The van der Waals surface area contributed by atoms with Crippen LogP contribution in [0.1, 0.15) is 0 Å². The number of hydrogen-bond donors (Lipinski definition) is 2. The summed E-state index contributed by atoms with van der Waals surface area (Å²) in [5, 5.41) is 5.89. The highest BCUT2D eigenvalue weighted by molar-refractivity contribution is 5.95. The van der Waals surface area contributed by atoms with Gasteiger partial charge in [0.25, 0.3) is 0 Å². The quantitative estimate of drug-likeness (QED) is 0.766. The zero-order chi connectivity index (χ0) is 14.9. The summed E-state index contributed by atoms with van der Waals surface area (Å²) in [6, 6.07) is 16.9. The van der Waals surface area contributed by atoms with Crippen molar-refractivity contribution in [3.63, 3.8) is 0 Å². The number of carbonyl (C=O) groups is 1. The molecule has 4 nitrogen and oxygen atoms in total. The largest absolute Gasteiger partial charge is 0.487 e. The number of benzene rings is 2. The lowest BCUT2D eigenvalue weighted by Gasteiger charge is -2.12. The normalized spacial score (nSPS) is 9.71. The van der Waals surface area contributed by atoms with Crippen molar-refractivity contribution in [1.29, 1.82) is 0 Å². The standard InChI is InChI=1S/C17H18N2O2/c1-2-12-21-16-11-7-6-10-15(16)19-17(20)13-18-14-8-4-3-5-9-14/h2-11,18H,1,12-13H2,(H,19,20). The van der Waals surface area contributed by atoms with Gasteiger partial charge in [-0.2, -0.15) is 0 Å². The summed E-state index contributed by atoms with van der Waals surface area (Å²) in [6.07, 6.45) is 1.66. The summed E-state index contributed by atoms with van der Waals surface area (Å²) >= 11 is 0. The van der Waals surface area contributed by atoms with E-state index in [0.29, 0.717) is 18.0 Å². The fraction of sp³-hybridized carbons (Fsp3) is 0.118. The predicted molar refractivity (Wildman–Crippen MR) is 85.7 cm³/mol. The maximum atomic E-state index is 12.0. The van der Waals surface area contributed by atoms with Crippen LogP contribution in [0.15, 0.2) is 67.3 Å². The number of amides is 1. The molecule has 108 valence electrons. The molecule has 2 N–H and O–H groups in total. The first-order chi connectivity index (χ1) is 10.3. The molecule has 0 aromatic heterocycles. The average Bonchev–Trinajstić information content (AvgIpc) is 2.53. The van der Waals surface area contributed by atoms with E-state index in [1.165, 1.54) is 0 Å². The Hall–Kier alpha value is -2.75. The van der Waals surface area contributed by atoms with Crippen LogP contribution in [0.25, 0.3) is 0 Å². The van der Waals surface area contributed by atoms with Crippen LogP contribution in [-0.2, 0) is 4.79 Å². The van der Waals surface area contributed by atoms with Crippen LogP contribution < -0.4 is 15.4 Å². The van der Waals surface area contributed by atoms with E-state index in [2.05, 4.69) is 17.2 Å². The number of ether oxygens (including phenoxy) is 1. The second-order valence-electron chi connectivity index (χ2n) is 4.36. The number of rotatable bonds is 7. The highest BCUT2D eigenvalue weighted by atomic mass is 16.5. The number of hydrogen-bond acceptors (Lipinski definition) is 3. The summed E-state index contributed by atoms with van der Waals surface area (Å²) in [5.74, 6) is 0.499. The molecular weight excluding hydrogens is 264 g/mol. The van der Waals surface area contributed by atoms with Crippen LogP contribution in [0.3, 0.4) is 0 Å². The number of nitrogens with one attached hydrogen (secondary N) is 2. The molecule has 0 bridgehead atoms. The second kappa shape index (κ2) is 7.75. The summed E-state index contributed by atoms with van der Waals surface area (Å²) in [6.45, 7) is 4.20. The van der Waals surface area contributed by atoms with Crippen molar-refractivity contribution in [2.75, 3.05) is 23.8 Å². The van der Waals surface area contributed by atoms with Gasteiger partial charge in [-0.05, 0) is 24.3 Å². The Balaban J connectivity index is 1.91. The van der Waals surface area contributed by atoms with Gasteiger partial charge in [-0.25, -0.2) is 0 Å². The maximum Gasteiger partial charge on any atom is 0.243 e. The average molecular weight is 282 g/mol. The Labute approximate surface area is 124 Å². The molecule has 0 atom stereocenters. The van der Waals surface area contributed by atoms with E-state index in [0.717, 1.165) is 5.69 Å². The summed E-state index contributed by atoms with van der Waals surface area (Å²) in [4.78, 5) is 12.0. The van der Waals surface area contributed by atoms with E-state index in [1.54, 1.807) is 12.1 Å². The second-order valence-corrected chi connectivity index (χ2v) is 4.36. The first-order valence-electron chi connectivity index (χ1n) is 6.71. The highest BCUT2D eigenvalue weighted by Gasteiger charge is 2.07. The van der Waals surface area contributed by atoms with Gasteiger partial charge in [0.2, 0.25) is 5.91 Å². The molecule has 0 unspecified atom stereocenters. The first kappa shape index (κ1) is 14.7. The molecule has 0 aliphatic carbocycles. The topological polar surface area (TPSA) is 50.4 Å². The van der Waals surface area contributed by atoms with Crippen LogP contribution in [-0.4, -0.2) is 19.1 Å². The zero-order valence-corrected chi connectivity index (χ0v) is 11.7. The molecule has 0 saturated heterocycles.